The Bertz CT molecular complexity index is 433. The normalized spacial score (nSPS) is 10.4. The smallest absolute Gasteiger partial charge is 0.152 e. The minimum Gasteiger partial charge on any atom is -0.360 e. The average Bonchev–Trinajstić information content (AvgIpc) is 2.49. The molecule has 0 atom stereocenters. The zero-order valence-electron chi connectivity index (χ0n) is 6.17. The van der Waals surface area contributed by atoms with E-state index in [4.69, 9.17) is 0 Å². The fourth-order valence-electron chi connectivity index (χ4n) is 1.26. The van der Waals surface area contributed by atoms with Crippen molar-refractivity contribution in [2.24, 2.45) is 0 Å². The van der Waals surface area contributed by atoms with Crippen LogP contribution in [-0.4, -0.2) is 11.3 Å². The van der Waals surface area contributed by atoms with Crippen molar-refractivity contribution in [1.29, 1.82) is 0 Å². The van der Waals surface area contributed by atoms with Crippen molar-refractivity contribution >= 4 is 39.8 Å². The van der Waals surface area contributed by atoms with Crippen LogP contribution >= 0.6 is 22.6 Å². The molecule has 1 aromatic heterocycles. The standard InChI is InChI=1S/C9H6INO/c10-7-2-1-3-8-9(7)6(5-12)4-11-8/h1-5,11H. The third-order valence-electron chi connectivity index (χ3n) is 1.81. The zero-order valence-corrected chi connectivity index (χ0v) is 8.33. The average molecular weight is 271 g/mol. The first-order valence-electron chi connectivity index (χ1n) is 3.53. The van der Waals surface area contributed by atoms with Crippen molar-refractivity contribution in [3.8, 4) is 0 Å². The van der Waals surface area contributed by atoms with E-state index < -0.39 is 0 Å². The Labute approximate surface area is 83.1 Å². The second-order valence-electron chi connectivity index (χ2n) is 2.52. The number of carbonyl (C=O) groups excluding carboxylic acids is 1. The molecule has 0 radical (unpaired) electrons. The molecule has 2 nitrogen and oxygen atoms in total. The molecule has 2 rings (SSSR count). The number of halogens is 1. The highest BCUT2D eigenvalue weighted by Crippen LogP contribution is 2.22. The molecule has 0 spiro atoms. The lowest BCUT2D eigenvalue weighted by Gasteiger charge is -1.93. The number of hydrogen-bond acceptors (Lipinski definition) is 1. The Morgan fingerprint density at radius 2 is 2.25 bits per heavy atom. The van der Waals surface area contributed by atoms with Gasteiger partial charge in [-0.2, -0.15) is 0 Å². The minimum atomic E-state index is 0.731. The molecule has 1 heterocycles. The molecule has 0 aliphatic heterocycles. The van der Waals surface area contributed by atoms with Gasteiger partial charge in [-0.1, -0.05) is 6.07 Å². The number of rotatable bonds is 1. The topological polar surface area (TPSA) is 32.9 Å². The fraction of sp³-hybridized carbons (Fsp3) is 0. The molecule has 0 unspecified atom stereocenters. The first-order valence-corrected chi connectivity index (χ1v) is 4.61. The van der Waals surface area contributed by atoms with Gasteiger partial charge in [0.1, 0.15) is 0 Å². The van der Waals surface area contributed by atoms with Gasteiger partial charge in [0.25, 0.3) is 0 Å². The third-order valence-corrected chi connectivity index (χ3v) is 2.71. The summed E-state index contributed by atoms with van der Waals surface area (Å²) in [5.74, 6) is 0. The summed E-state index contributed by atoms with van der Waals surface area (Å²) in [6, 6.07) is 5.92. The molecule has 0 aliphatic rings. The molecule has 0 aliphatic carbocycles. The monoisotopic (exact) mass is 271 g/mol. The molecule has 0 bridgehead atoms. The maximum absolute atomic E-state index is 10.6. The molecule has 60 valence electrons. The van der Waals surface area contributed by atoms with Crippen LogP contribution in [0.1, 0.15) is 10.4 Å². The van der Waals surface area contributed by atoms with Crippen molar-refractivity contribution in [3.63, 3.8) is 0 Å². The highest BCUT2D eigenvalue weighted by atomic mass is 127. The van der Waals surface area contributed by atoms with Gasteiger partial charge in [0.2, 0.25) is 0 Å². The maximum atomic E-state index is 10.6. The van der Waals surface area contributed by atoms with Crippen LogP contribution in [0.15, 0.2) is 24.4 Å². The third kappa shape index (κ3) is 1.04. The van der Waals surface area contributed by atoms with Gasteiger partial charge in [0.15, 0.2) is 6.29 Å². The van der Waals surface area contributed by atoms with Crippen LogP contribution in [0.25, 0.3) is 10.9 Å². The fourth-order valence-corrected chi connectivity index (χ4v) is 2.07. The Kier molecular flexibility index (Phi) is 1.88. The van der Waals surface area contributed by atoms with Crippen LogP contribution in [0.4, 0.5) is 0 Å². The van der Waals surface area contributed by atoms with Crippen LogP contribution < -0.4 is 0 Å². The number of aldehydes is 1. The van der Waals surface area contributed by atoms with E-state index in [0.29, 0.717) is 0 Å². The Hall–Kier alpha value is -0.840. The highest BCUT2D eigenvalue weighted by molar-refractivity contribution is 14.1. The maximum Gasteiger partial charge on any atom is 0.152 e. The summed E-state index contributed by atoms with van der Waals surface area (Å²) < 4.78 is 1.11. The van der Waals surface area contributed by atoms with E-state index >= 15 is 0 Å². The van der Waals surface area contributed by atoms with E-state index in [1.54, 1.807) is 6.20 Å². The van der Waals surface area contributed by atoms with Crippen LogP contribution in [0.3, 0.4) is 0 Å². The van der Waals surface area contributed by atoms with Gasteiger partial charge in [-0.15, -0.1) is 0 Å². The number of benzene rings is 1. The Morgan fingerprint density at radius 1 is 1.42 bits per heavy atom. The molecule has 0 saturated heterocycles. The van der Waals surface area contributed by atoms with E-state index in [-0.39, 0.29) is 0 Å². The minimum absolute atomic E-state index is 0.731. The van der Waals surface area contributed by atoms with Crippen molar-refractivity contribution in [1.82, 2.24) is 4.98 Å². The van der Waals surface area contributed by atoms with Crippen molar-refractivity contribution in [2.75, 3.05) is 0 Å². The molecule has 1 N–H and O–H groups in total. The van der Waals surface area contributed by atoms with Gasteiger partial charge >= 0.3 is 0 Å². The second-order valence-corrected chi connectivity index (χ2v) is 3.69. The van der Waals surface area contributed by atoms with Gasteiger partial charge in [-0.05, 0) is 34.7 Å². The van der Waals surface area contributed by atoms with Crippen LogP contribution in [0, 0.1) is 3.57 Å². The lowest BCUT2D eigenvalue weighted by molar-refractivity contribution is 0.112. The summed E-state index contributed by atoms with van der Waals surface area (Å²) in [7, 11) is 0. The van der Waals surface area contributed by atoms with E-state index in [0.717, 1.165) is 26.3 Å². The first kappa shape index (κ1) is 7.79. The molecule has 12 heavy (non-hydrogen) atoms. The van der Waals surface area contributed by atoms with Gasteiger partial charge in [-0.3, -0.25) is 4.79 Å². The molecular weight excluding hydrogens is 265 g/mol. The second kappa shape index (κ2) is 2.90. The number of hydrogen-bond donors (Lipinski definition) is 1. The summed E-state index contributed by atoms with van der Waals surface area (Å²) >= 11 is 2.22. The molecular formula is C9H6INO. The Morgan fingerprint density at radius 3 is 3.00 bits per heavy atom. The molecule has 1 aromatic carbocycles. The molecule has 3 heteroatoms. The van der Waals surface area contributed by atoms with Crippen molar-refractivity contribution in [3.05, 3.63) is 33.5 Å². The summed E-state index contributed by atoms with van der Waals surface area (Å²) in [5.41, 5.74) is 1.75. The van der Waals surface area contributed by atoms with Crippen molar-refractivity contribution in [2.45, 2.75) is 0 Å². The Balaban J connectivity index is 2.91. The van der Waals surface area contributed by atoms with E-state index in [9.17, 15) is 4.79 Å². The largest absolute Gasteiger partial charge is 0.360 e. The van der Waals surface area contributed by atoms with Gasteiger partial charge in [-0.25, -0.2) is 0 Å². The molecule has 2 aromatic rings. The van der Waals surface area contributed by atoms with Crippen molar-refractivity contribution < 1.29 is 4.79 Å². The molecule has 0 saturated carbocycles. The lowest BCUT2D eigenvalue weighted by atomic mass is 10.2. The number of H-pyrrole nitrogens is 1. The van der Waals surface area contributed by atoms with Gasteiger partial charge in [0.05, 0.1) is 0 Å². The summed E-state index contributed by atoms with van der Waals surface area (Å²) in [6.45, 7) is 0. The lowest BCUT2D eigenvalue weighted by Crippen LogP contribution is -1.78. The number of carbonyl (C=O) groups is 1. The number of fused-ring (bicyclic) bond motifs is 1. The van der Waals surface area contributed by atoms with E-state index in [2.05, 4.69) is 27.6 Å². The predicted molar refractivity (Wildman–Crippen MR) is 56.4 cm³/mol. The number of nitrogens with one attached hydrogen (secondary N) is 1. The summed E-state index contributed by atoms with van der Waals surface area (Å²) in [5, 5.41) is 1.02. The van der Waals surface area contributed by atoms with Gasteiger partial charge < -0.3 is 4.98 Å². The van der Waals surface area contributed by atoms with Crippen LogP contribution in [0.5, 0.6) is 0 Å². The molecule has 0 amide bonds. The SMILES string of the molecule is O=Cc1c[nH]c2cccc(I)c12. The molecule has 0 fully saturated rings. The summed E-state index contributed by atoms with van der Waals surface area (Å²) in [6.07, 6.45) is 2.61. The number of aromatic nitrogens is 1. The highest BCUT2D eigenvalue weighted by Gasteiger charge is 2.04. The van der Waals surface area contributed by atoms with Gasteiger partial charge in [0, 0.05) is 26.2 Å². The van der Waals surface area contributed by atoms with E-state index in [1.807, 2.05) is 18.2 Å². The number of aromatic amines is 1. The van der Waals surface area contributed by atoms with Crippen LogP contribution in [0.2, 0.25) is 0 Å². The quantitative estimate of drug-likeness (QED) is 0.627. The van der Waals surface area contributed by atoms with E-state index in [1.165, 1.54) is 0 Å². The summed E-state index contributed by atoms with van der Waals surface area (Å²) in [4.78, 5) is 13.7. The first-order chi connectivity index (χ1) is 5.83. The zero-order chi connectivity index (χ0) is 8.55. The predicted octanol–water partition coefficient (Wildman–Crippen LogP) is 2.59. The van der Waals surface area contributed by atoms with Crippen LogP contribution in [-0.2, 0) is 0 Å².